The van der Waals surface area contributed by atoms with E-state index in [1.54, 1.807) is 26.2 Å². The maximum absolute atomic E-state index is 12.3. The fraction of sp³-hybridized carbons (Fsp3) is 0.429. The summed E-state index contributed by atoms with van der Waals surface area (Å²) in [5.74, 6) is -0.925. The molecule has 12 heteroatoms. The van der Waals surface area contributed by atoms with Crippen LogP contribution in [0.15, 0.2) is 45.3 Å². The van der Waals surface area contributed by atoms with Crippen molar-refractivity contribution < 1.29 is 23.9 Å². The van der Waals surface area contributed by atoms with Gasteiger partial charge in [-0.1, -0.05) is 31.5 Å². The summed E-state index contributed by atoms with van der Waals surface area (Å²) < 4.78 is 5.61. The highest BCUT2D eigenvalue weighted by Gasteiger charge is 2.27. The minimum atomic E-state index is -0.497. The Labute approximate surface area is 204 Å². The second-order valence-corrected chi connectivity index (χ2v) is 6.44. The largest absolute Gasteiger partial charge is 0.436 e. The first-order valence-corrected chi connectivity index (χ1v) is 10.9. The number of hydrogen-bond donors (Lipinski definition) is 1. The molecule has 0 bridgehead atoms. The van der Waals surface area contributed by atoms with Gasteiger partial charge in [-0.2, -0.15) is 5.10 Å². The third kappa shape index (κ3) is 12.6. The van der Waals surface area contributed by atoms with Crippen LogP contribution >= 0.6 is 23.2 Å². The Hall–Kier alpha value is -2.98. The summed E-state index contributed by atoms with van der Waals surface area (Å²) in [7, 11) is 4.52. The zero-order chi connectivity index (χ0) is 26.0. The molecule has 0 fully saturated rings. The molecule has 184 valence electrons. The molecule has 0 aromatic carbocycles. The third-order valence-electron chi connectivity index (χ3n) is 3.44. The zero-order valence-electron chi connectivity index (χ0n) is 19.8. The van der Waals surface area contributed by atoms with Gasteiger partial charge in [-0.05, 0) is 25.5 Å². The van der Waals surface area contributed by atoms with Gasteiger partial charge in [0.2, 0.25) is 18.7 Å². The summed E-state index contributed by atoms with van der Waals surface area (Å²) in [6, 6.07) is 0. The van der Waals surface area contributed by atoms with Gasteiger partial charge in [-0.15, -0.1) is 16.7 Å². The van der Waals surface area contributed by atoms with Crippen molar-refractivity contribution in [2.45, 2.75) is 27.2 Å². The van der Waals surface area contributed by atoms with Crippen LogP contribution in [0.25, 0.3) is 0 Å². The molecule has 33 heavy (non-hydrogen) atoms. The van der Waals surface area contributed by atoms with E-state index in [2.05, 4.69) is 27.2 Å². The Bertz CT molecular complexity index is 820. The molecule has 0 saturated heterocycles. The van der Waals surface area contributed by atoms with Crippen LogP contribution in [-0.2, 0) is 23.9 Å². The quantitative estimate of drug-likeness (QED) is 0.129. The number of ether oxygens (including phenoxy) is 1. The summed E-state index contributed by atoms with van der Waals surface area (Å²) in [5, 5.41) is 8.86. The summed E-state index contributed by atoms with van der Waals surface area (Å²) in [4.78, 5) is 46.2. The molecule has 0 saturated carbocycles. The first-order valence-electron chi connectivity index (χ1n) is 9.76. The van der Waals surface area contributed by atoms with E-state index in [0.29, 0.717) is 19.2 Å². The lowest BCUT2D eigenvalue weighted by Gasteiger charge is -2.22. The van der Waals surface area contributed by atoms with Gasteiger partial charge in [0.05, 0.1) is 5.03 Å². The topological polar surface area (TPSA) is 121 Å². The molecule has 0 spiro atoms. The fourth-order valence-corrected chi connectivity index (χ4v) is 2.39. The SMILES string of the molecule is CC.CC(=O)/C=C/C(=N\N(C)C=O)OC1=CCC(/C(=N/NC=O)C(=O)N(C)C)C=C1Cl.CCl. The Morgan fingerprint density at radius 1 is 1.18 bits per heavy atom. The number of carbonyl (C=O) groups is 4. The van der Waals surface area contributed by atoms with E-state index in [0.717, 1.165) is 5.01 Å². The molecular weight excluding hydrogens is 473 g/mol. The second-order valence-electron chi connectivity index (χ2n) is 6.03. The summed E-state index contributed by atoms with van der Waals surface area (Å²) in [6.07, 6.45) is 8.29. The van der Waals surface area contributed by atoms with Crippen LogP contribution in [0.4, 0.5) is 0 Å². The minimum Gasteiger partial charge on any atom is -0.436 e. The average Bonchev–Trinajstić information content (AvgIpc) is 2.81. The Kier molecular flexibility index (Phi) is 18.1. The van der Waals surface area contributed by atoms with Crippen LogP contribution in [0, 0.1) is 5.92 Å². The summed E-state index contributed by atoms with van der Waals surface area (Å²) in [5.41, 5.74) is 2.23. The van der Waals surface area contributed by atoms with Crippen molar-refractivity contribution in [2.24, 2.45) is 16.1 Å². The van der Waals surface area contributed by atoms with Crippen molar-refractivity contribution in [3.63, 3.8) is 0 Å². The first-order chi connectivity index (χ1) is 15.7. The summed E-state index contributed by atoms with van der Waals surface area (Å²) in [6.45, 7) is 5.35. The number of hydrazone groups is 2. The molecule has 0 radical (unpaired) electrons. The average molecular weight is 504 g/mol. The number of rotatable bonds is 9. The van der Waals surface area contributed by atoms with Crippen molar-refractivity contribution in [1.82, 2.24) is 15.3 Å². The molecule has 1 aliphatic carbocycles. The molecule has 0 aromatic heterocycles. The normalized spacial score (nSPS) is 15.5. The first kappa shape index (κ1) is 32.2. The van der Waals surface area contributed by atoms with E-state index in [-0.39, 0.29) is 34.1 Å². The maximum Gasteiger partial charge on any atom is 0.270 e. The third-order valence-corrected chi connectivity index (χ3v) is 3.75. The molecule has 1 unspecified atom stereocenters. The second kappa shape index (κ2) is 18.6. The Morgan fingerprint density at radius 3 is 2.24 bits per heavy atom. The smallest absolute Gasteiger partial charge is 0.270 e. The van der Waals surface area contributed by atoms with E-state index in [1.807, 2.05) is 13.8 Å². The highest BCUT2D eigenvalue weighted by Crippen LogP contribution is 2.28. The van der Waals surface area contributed by atoms with Gasteiger partial charge < -0.3 is 9.64 Å². The number of halogens is 2. The van der Waals surface area contributed by atoms with Crippen LogP contribution in [0.3, 0.4) is 0 Å². The number of alkyl halides is 1. The van der Waals surface area contributed by atoms with E-state index in [9.17, 15) is 19.2 Å². The predicted molar refractivity (Wildman–Crippen MR) is 131 cm³/mol. The van der Waals surface area contributed by atoms with Crippen LogP contribution in [-0.4, -0.2) is 73.6 Å². The van der Waals surface area contributed by atoms with Gasteiger partial charge >= 0.3 is 0 Å². The molecular formula is C21H31Cl2N5O5. The molecule has 0 aliphatic heterocycles. The van der Waals surface area contributed by atoms with Gasteiger partial charge in [-0.25, -0.2) is 10.4 Å². The molecule has 3 amide bonds. The van der Waals surface area contributed by atoms with Gasteiger partial charge in [0.1, 0.15) is 11.5 Å². The molecule has 1 N–H and O–H groups in total. The summed E-state index contributed by atoms with van der Waals surface area (Å²) >= 11 is 10.9. The van der Waals surface area contributed by atoms with Gasteiger partial charge in [-0.3, -0.25) is 19.2 Å². The molecule has 1 rings (SSSR count). The highest BCUT2D eigenvalue weighted by molar-refractivity contribution is 6.40. The number of carbonyl (C=O) groups excluding carboxylic acids is 4. The van der Waals surface area contributed by atoms with E-state index >= 15 is 0 Å². The van der Waals surface area contributed by atoms with Crippen molar-refractivity contribution >= 4 is 59.3 Å². The number of nitrogens with one attached hydrogen (secondary N) is 1. The lowest BCUT2D eigenvalue weighted by molar-refractivity contribution is -0.122. The van der Waals surface area contributed by atoms with Gasteiger partial charge in [0.25, 0.3) is 5.91 Å². The van der Waals surface area contributed by atoms with E-state index in [4.69, 9.17) is 16.3 Å². The zero-order valence-corrected chi connectivity index (χ0v) is 21.3. The molecule has 10 nitrogen and oxygen atoms in total. The lowest BCUT2D eigenvalue weighted by atomic mass is 9.94. The van der Waals surface area contributed by atoms with Crippen molar-refractivity contribution in [3.8, 4) is 0 Å². The predicted octanol–water partition coefficient (Wildman–Crippen LogP) is 2.65. The van der Waals surface area contributed by atoms with Crippen molar-refractivity contribution in [2.75, 3.05) is 27.5 Å². The monoisotopic (exact) mass is 503 g/mol. The Balaban J connectivity index is 0. The van der Waals surface area contributed by atoms with E-state index in [1.165, 1.54) is 37.4 Å². The van der Waals surface area contributed by atoms with E-state index < -0.39 is 5.92 Å². The lowest BCUT2D eigenvalue weighted by Crippen LogP contribution is -2.36. The number of nitrogens with zero attached hydrogens (tertiary/aromatic N) is 4. The van der Waals surface area contributed by atoms with Gasteiger partial charge in [0.15, 0.2) is 5.78 Å². The molecule has 0 aromatic rings. The highest BCUT2D eigenvalue weighted by atomic mass is 35.5. The number of hydrogen-bond acceptors (Lipinski definition) is 7. The Morgan fingerprint density at radius 2 is 1.79 bits per heavy atom. The molecule has 1 atom stereocenters. The minimum absolute atomic E-state index is 0.0352. The van der Waals surface area contributed by atoms with Crippen molar-refractivity contribution in [1.29, 1.82) is 0 Å². The van der Waals surface area contributed by atoms with Crippen LogP contribution < -0.4 is 5.43 Å². The molecule has 0 heterocycles. The van der Waals surface area contributed by atoms with Crippen LogP contribution in [0.5, 0.6) is 0 Å². The molecule has 1 aliphatic rings. The van der Waals surface area contributed by atoms with Crippen molar-refractivity contribution in [3.05, 3.63) is 35.1 Å². The number of allylic oxidation sites excluding steroid dienone is 4. The maximum atomic E-state index is 12.3. The van der Waals surface area contributed by atoms with Crippen LogP contribution in [0.1, 0.15) is 27.2 Å². The van der Waals surface area contributed by atoms with Gasteiger partial charge in [0, 0.05) is 39.5 Å². The van der Waals surface area contributed by atoms with Crippen LogP contribution in [0.2, 0.25) is 0 Å². The fourth-order valence-electron chi connectivity index (χ4n) is 2.12. The standard InChI is InChI=1S/C18H22ClN5O5.C2H6.CH3Cl/c1-12(27)5-8-16(22-24(4)11-26)29-15-7-6-13(9-14(15)19)17(21-20-10-25)18(28)23(2)3;2*1-2/h5,7-11,13H,6H2,1-4H3,(H,20,25);1-2H3;1H3/b8-5+,21-17-,22-16+;;. The number of amides is 3. The number of ketones is 1.